The SMILES string of the molecule is CCC(CCCn1nc2n(c1=O)CCCC2)NC. The molecule has 0 fully saturated rings. The molecule has 102 valence electrons. The normalized spacial score (nSPS) is 16.6. The van der Waals surface area contributed by atoms with Crippen molar-refractivity contribution in [2.24, 2.45) is 0 Å². The summed E-state index contributed by atoms with van der Waals surface area (Å²) < 4.78 is 3.50. The summed E-state index contributed by atoms with van der Waals surface area (Å²) in [5, 5.41) is 7.73. The molecule has 0 amide bonds. The van der Waals surface area contributed by atoms with Crippen molar-refractivity contribution < 1.29 is 0 Å². The van der Waals surface area contributed by atoms with Crippen LogP contribution < -0.4 is 11.0 Å². The van der Waals surface area contributed by atoms with Gasteiger partial charge in [0.1, 0.15) is 5.82 Å². The van der Waals surface area contributed by atoms with Gasteiger partial charge in [-0.25, -0.2) is 9.48 Å². The Bertz CT molecular complexity index is 431. The number of aromatic nitrogens is 3. The Labute approximate surface area is 108 Å². The zero-order valence-electron chi connectivity index (χ0n) is 11.5. The van der Waals surface area contributed by atoms with Crippen LogP contribution in [0, 0.1) is 0 Å². The zero-order chi connectivity index (χ0) is 13.0. The van der Waals surface area contributed by atoms with E-state index in [0.717, 1.165) is 57.4 Å². The summed E-state index contributed by atoms with van der Waals surface area (Å²) in [4.78, 5) is 12.1. The number of hydrogen-bond acceptors (Lipinski definition) is 3. The summed E-state index contributed by atoms with van der Waals surface area (Å²) in [5.41, 5.74) is 0.0854. The van der Waals surface area contributed by atoms with Gasteiger partial charge in [-0.05, 0) is 39.2 Å². The Morgan fingerprint density at radius 1 is 1.44 bits per heavy atom. The Morgan fingerprint density at radius 2 is 2.28 bits per heavy atom. The molecule has 0 saturated carbocycles. The lowest BCUT2D eigenvalue weighted by atomic mass is 10.1. The van der Waals surface area contributed by atoms with Crippen LogP contribution >= 0.6 is 0 Å². The van der Waals surface area contributed by atoms with Crippen molar-refractivity contribution in [2.45, 2.75) is 64.6 Å². The molecule has 5 nitrogen and oxygen atoms in total. The summed E-state index contributed by atoms with van der Waals surface area (Å²) in [6.45, 7) is 3.78. The molecule has 0 radical (unpaired) electrons. The highest BCUT2D eigenvalue weighted by Gasteiger charge is 2.16. The molecule has 1 aromatic rings. The van der Waals surface area contributed by atoms with E-state index in [-0.39, 0.29) is 5.69 Å². The standard InChI is InChI=1S/C13H24N4O/c1-3-11(14-2)7-6-10-17-13(18)16-9-5-4-8-12(16)15-17/h11,14H,3-10H2,1-2H3. The molecule has 1 aliphatic heterocycles. The highest BCUT2D eigenvalue weighted by molar-refractivity contribution is 4.91. The summed E-state index contributed by atoms with van der Waals surface area (Å²) in [7, 11) is 2.00. The number of fused-ring (bicyclic) bond motifs is 1. The molecule has 1 unspecified atom stereocenters. The van der Waals surface area contributed by atoms with Crippen LogP contribution in [0.5, 0.6) is 0 Å². The van der Waals surface area contributed by atoms with Crippen molar-refractivity contribution in [2.75, 3.05) is 7.05 Å². The minimum Gasteiger partial charge on any atom is -0.317 e. The molecular formula is C13H24N4O. The molecule has 2 heterocycles. The van der Waals surface area contributed by atoms with Crippen LogP contribution in [0.3, 0.4) is 0 Å². The minimum absolute atomic E-state index is 0.0854. The number of hydrogen-bond donors (Lipinski definition) is 1. The molecule has 0 bridgehead atoms. The number of aryl methyl sites for hydroxylation is 2. The van der Waals surface area contributed by atoms with E-state index in [0.29, 0.717) is 6.04 Å². The predicted octanol–water partition coefficient (Wildman–Crippen LogP) is 1.16. The van der Waals surface area contributed by atoms with Gasteiger partial charge in [0, 0.05) is 25.6 Å². The van der Waals surface area contributed by atoms with Crippen molar-refractivity contribution in [1.29, 1.82) is 0 Å². The van der Waals surface area contributed by atoms with E-state index in [2.05, 4.69) is 17.3 Å². The van der Waals surface area contributed by atoms with Crippen molar-refractivity contribution in [1.82, 2.24) is 19.7 Å². The maximum absolute atomic E-state index is 12.1. The molecule has 0 saturated heterocycles. The highest BCUT2D eigenvalue weighted by atomic mass is 16.2. The predicted molar refractivity (Wildman–Crippen MR) is 71.8 cm³/mol. The highest BCUT2D eigenvalue weighted by Crippen LogP contribution is 2.10. The van der Waals surface area contributed by atoms with E-state index in [9.17, 15) is 4.79 Å². The Kier molecular flexibility index (Phi) is 4.58. The first-order valence-electron chi connectivity index (χ1n) is 7.10. The van der Waals surface area contributed by atoms with Crippen molar-refractivity contribution in [3.63, 3.8) is 0 Å². The number of nitrogens with zero attached hydrogens (tertiary/aromatic N) is 3. The van der Waals surface area contributed by atoms with Crippen LogP contribution in [0.2, 0.25) is 0 Å². The maximum atomic E-state index is 12.1. The summed E-state index contributed by atoms with van der Waals surface area (Å²) in [5.74, 6) is 0.979. The quantitative estimate of drug-likeness (QED) is 0.826. The van der Waals surface area contributed by atoms with Crippen LogP contribution in [-0.4, -0.2) is 27.4 Å². The zero-order valence-corrected chi connectivity index (χ0v) is 11.5. The molecule has 1 atom stereocenters. The third-order valence-corrected chi connectivity index (χ3v) is 3.86. The molecule has 0 aliphatic carbocycles. The maximum Gasteiger partial charge on any atom is 0.345 e. The van der Waals surface area contributed by atoms with Crippen LogP contribution in [-0.2, 0) is 19.5 Å². The van der Waals surface area contributed by atoms with E-state index in [1.165, 1.54) is 0 Å². The Hall–Kier alpha value is -1.10. The van der Waals surface area contributed by atoms with Gasteiger partial charge >= 0.3 is 5.69 Å². The third kappa shape index (κ3) is 2.83. The second kappa shape index (κ2) is 6.18. The van der Waals surface area contributed by atoms with Gasteiger partial charge in [0.2, 0.25) is 0 Å². The fourth-order valence-corrected chi connectivity index (χ4v) is 2.63. The fourth-order valence-electron chi connectivity index (χ4n) is 2.63. The first kappa shape index (κ1) is 13.3. The molecule has 1 aromatic heterocycles. The van der Waals surface area contributed by atoms with Gasteiger partial charge in [0.25, 0.3) is 0 Å². The van der Waals surface area contributed by atoms with Gasteiger partial charge < -0.3 is 5.32 Å². The van der Waals surface area contributed by atoms with E-state index in [1.54, 1.807) is 4.68 Å². The van der Waals surface area contributed by atoms with Gasteiger partial charge in [0.05, 0.1) is 0 Å². The second-order valence-electron chi connectivity index (χ2n) is 5.07. The van der Waals surface area contributed by atoms with Gasteiger partial charge in [0.15, 0.2) is 0 Å². The van der Waals surface area contributed by atoms with Crippen LogP contribution in [0.1, 0.15) is 44.9 Å². The average molecular weight is 252 g/mol. The van der Waals surface area contributed by atoms with E-state index >= 15 is 0 Å². The van der Waals surface area contributed by atoms with Gasteiger partial charge in [-0.3, -0.25) is 4.57 Å². The lowest BCUT2D eigenvalue weighted by Gasteiger charge is -2.12. The fraction of sp³-hybridized carbons (Fsp3) is 0.846. The summed E-state index contributed by atoms with van der Waals surface area (Å²) >= 11 is 0. The van der Waals surface area contributed by atoms with E-state index in [4.69, 9.17) is 0 Å². The Balaban J connectivity index is 1.94. The lowest BCUT2D eigenvalue weighted by Crippen LogP contribution is -2.28. The minimum atomic E-state index is 0.0854. The number of nitrogens with one attached hydrogen (secondary N) is 1. The van der Waals surface area contributed by atoms with Crippen molar-refractivity contribution >= 4 is 0 Å². The van der Waals surface area contributed by atoms with Gasteiger partial charge in [-0.15, -0.1) is 0 Å². The van der Waals surface area contributed by atoms with E-state index < -0.39 is 0 Å². The van der Waals surface area contributed by atoms with Gasteiger partial charge in [-0.1, -0.05) is 6.92 Å². The molecule has 2 rings (SSSR count). The topological polar surface area (TPSA) is 51.9 Å². The van der Waals surface area contributed by atoms with Crippen molar-refractivity contribution in [3.8, 4) is 0 Å². The van der Waals surface area contributed by atoms with Crippen LogP contribution in [0.4, 0.5) is 0 Å². The van der Waals surface area contributed by atoms with Crippen molar-refractivity contribution in [3.05, 3.63) is 16.3 Å². The molecule has 0 spiro atoms. The first-order chi connectivity index (χ1) is 8.76. The monoisotopic (exact) mass is 252 g/mol. The summed E-state index contributed by atoms with van der Waals surface area (Å²) in [6.07, 6.45) is 6.46. The largest absolute Gasteiger partial charge is 0.345 e. The second-order valence-corrected chi connectivity index (χ2v) is 5.07. The Morgan fingerprint density at radius 3 is 2.94 bits per heavy atom. The lowest BCUT2D eigenvalue weighted by molar-refractivity contribution is 0.449. The smallest absolute Gasteiger partial charge is 0.317 e. The summed E-state index contributed by atoms with van der Waals surface area (Å²) in [6, 6.07) is 0.554. The molecular weight excluding hydrogens is 228 g/mol. The third-order valence-electron chi connectivity index (χ3n) is 3.86. The van der Waals surface area contributed by atoms with E-state index in [1.807, 2.05) is 11.6 Å². The molecule has 18 heavy (non-hydrogen) atoms. The molecule has 1 aliphatic rings. The molecule has 0 aromatic carbocycles. The van der Waals surface area contributed by atoms with Crippen LogP contribution in [0.15, 0.2) is 4.79 Å². The average Bonchev–Trinajstić information content (AvgIpc) is 2.72. The van der Waals surface area contributed by atoms with Crippen LogP contribution in [0.25, 0.3) is 0 Å². The first-order valence-corrected chi connectivity index (χ1v) is 7.10. The molecule has 1 N–H and O–H groups in total. The number of rotatable bonds is 6. The molecule has 5 heteroatoms. The van der Waals surface area contributed by atoms with Gasteiger partial charge in [-0.2, -0.15) is 5.10 Å².